The summed E-state index contributed by atoms with van der Waals surface area (Å²) in [6, 6.07) is 0. The first kappa shape index (κ1) is 15.5. The lowest BCUT2D eigenvalue weighted by molar-refractivity contribution is -0.147. The molecule has 0 aliphatic carbocycles. The minimum atomic E-state index is -1.08. The van der Waals surface area contributed by atoms with Gasteiger partial charge in [-0.2, -0.15) is 0 Å². The highest BCUT2D eigenvalue weighted by atomic mass is 32.1. The number of hydrogen-bond donors (Lipinski definition) is 1. The van der Waals surface area contributed by atoms with Crippen molar-refractivity contribution >= 4 is 29.2 Å². The van der Waals surface area contributed by atoms with Crippen molar-refractivity contribution in [2.45, 2.75) is 20.0 Å². The standard InChI is InChI=1S/C11H14O5S/c1-7(2)10(13)15-4-9(12)5-16-11(14)8(3)6-17/h9,12H,1,4-5H2,2-3H3. The Bertz CT molecular complexity index is 368. The van der Waals surface area contributed by atoms with Gasteiger partial charge in [-0.25, -0.2) is 9.59 Å². The largest absolute Gasteiger partial charge is 0.459 e. The predicted molar refractivity (Wildman–Crippen MR) is 64.5 cm³/mol. The summed E-state index contributed by atoms with van der Waals surface area (Å²) >= 11 is 4.42. The van der Waals surface area contributed by atoms with Gasteiger partial charge >= 0.3 is 11.9 Å². The molecule has 0 heterocycles. The molecule has 0 radical (unpaired) electrons. The molecule has 1 atom stereocenters. The molecule has 94 valence electrons. The van der Waals surface area contributed by atoms with E-state index in [4.69, 9.17) is 0 Å². The van der Waals surface area contributed by atoms with Crippen LogP contribution in [0, 0.1) is 0 Å². The van der Waals surface area contributed by atoms with Crippen LogP contribution in [0.25, 0.3) is 0 Å². The lowest BCUT2D eigenvalue weighted by Crippen LogP contribution is -2.25. The van der Waals surface area contributed by atoms with Crippen molar-refractivity contribution in [1.29, 1.82) is 0 Å². The highest BCUT2D eigenvalue weighted by Crippen LogP contribution is 1.97. The van der Waals surface area contributed by atoms with Crippen LogP contribution < -0.4 is 0 Å². The molecule has 6 heteroatoms. The molecule has 1 unspecified atom stereocenters. The quantitative estimate of drug-likeness (QED) is 0.426. The van der Waals surface area contributed by atoms with Gasteiger partial charge in [0.25, 0.3) is 0 Å². The second kappa shape index (κ2) is 7.73. The number of rotatable bonds is 6. The first-order valence-corrected chi connectivity index (χ1v) is 5.18. The molecule has 1 N–H and O–H groups in total. The monoisotopic (exact) mass is 258 g/mol. The van der Waals surface area contributed by atoms with Crippen LogP contribution >= 0.6 is 12.2 Å². The zero-order chi connectivity index (χ0) is 13.4. The van der Waals surface area contributed by atoms with E-state index in [0.29, 0.717) is 0 Å². The van der Waals surface area contributed by atoms with Crippen molar-refractivity contribution in [1.82, 2.24) is 0 Å². The van der Waals surface area contributed by atoms with E-state index >= 15 is 0 Å². The molecule has 0 aliphatic heterocycles. The molecule has 0 aromatic rings. The number of aliphatic hydroxyl groups excluding tert-OH is 1. The second-order valence-electron chi connectivity index (χ2n) is 3.36. The van der Waals surface area contributed by atoms with Gasteiger partial charge in [-0.15, -0.1) is 0 Å². The number of carbonyl (C=O) groups excluding carboxylic acids is 2. The molecule has 0 rings (SSSR count). The Morgan fingerprint density at radius 1 is 1.29 bits per heavy atom. The minimum absolute atomic E-state index is 0.145. The molecule has 5 nitrogen and oxygen atoms in total. The molecule has 17 heavy (non-hydrogen) atoms. The molecule has 0 amide bonds. The average Bonchev–Trinajstić information content (AvgIpc) is 2.31. The van der Waals surface area contributed by atoms with Crippen LogP contribution in [-0.2, 0) is 19.1 Å². The first-order chi connectivity index (χ1) is 7.88. The fourth-order valence-electron chi connectivity index (χ4n) is 0.665. The summed E-state index contributed by atoms with van der Waals surface area (Å²) in [6.45, 7) is 5.77. The molecular weight excluding hydrogens is 244 g/mol. The summed E-state index contributed by atoms with van der Waals surface area (Å²) in [7, 11) is 0. The highest BCUT2D eigenvalue weighted by Gasteiger charge is 2.12. The Labute approximate surface area is 105 Å². The maximum Gasteiger partial charge on any atom is 0.342 e. The fourth-order valence-corrected chi connectivity index (χ4v) is 0.748. The van der Waals surface area contributed by atoms with Crippen LogP contribution in [0.3, 0.4) is 0 Å². The number of carbonyl (C=O) groups is 2. The SMILES string of the molecule is C=C(C)C(=O)OCC(O)COC(=O)C(C)=C=S. The molecule has 0 fully saturated rings. The van der Waals surface area contributed by atoms with Crippen molar-refractivity contribution in [3.05, 3.63) is 17.7 Å². The molecule has 0 saturated heterocycles. The third-order valence-electron chi connectivity index (χ3n) is 1.62. The van der Waals surface area contributed by atoms with E-state index in [1.807, 2.05) is 0 Å². The van der Waals surface area contributed by atoms with Gasteiger partial charge < -0.3 is 14.6 Å². The Kier molecular flexibility index (Phi) is 7.05. The van der Waals surface area contributed by atoms with E-state index in [0.717, 1.165) is 0 Å². The van der Waals surface area contributed by atoms with Gasteiger partial charge in [0.15, 0.2) is 0 Å². The van der Waals surface area contributed by atoms with Crippen LogP contribution in [-0.4, -0.2) is 41.4 Å². The lowest BCUT2D eigenvalue weighted by Gasteiger charge is -2.11. The zero-order valence-corrected chi connectivity index (χ0v) is 10.5. The Balaban J connectivity index is 3.92. The molecule has 0 aromatic carbocycles. The van der Waals surface area contributed by atoms with Gasteiger partial charge in [-0.05, 0) is 31.1 Å². The second-order valence-corrected chi connectivity index (χ2v) is 3.56. The van der Waals surface area contributed by atoms with Crippen LogP contribution in [0.4, 0.5) is 0 Å². The summed E-state index contributed by atoms with van der Waals surface area (Å²) in [6.07, 6.45) is -1.08. The number of aliphatic hydroxyl groups is 1. The minimum Gasteiger partial charge on any atom is -0.459 e. The third kappa shape index (κ3) is 6.63. The topological polar surface area (TPSA) is 72.8 Å². The Morgan fingerprint density at radius 2 is 1.76 bits per heavy atom. The van der Waals surface area contributed by atoms with Crippen LogP contribution in [0.5, 0.6) is 0 Å². The fraction of sp³-hybridized carbons (Fsp3) is 0.455. The third-order valence-corrected chi connectivity index (χ3v) is 1.93. The molecule has 0 aliphatic rings. The number of hydrogen-bond acceptors (Lipinski definition) is 6. The normalized spacial score (nSPS) is 11.0. The van der Waals surface area contributed by atoms with Gasteiger partial charge in [-0.3, -0.25) is 0 Å². The van der Waals surface area contributed by atoms with E-state index in [9.17, 15) is 14.7 Å². The van der Waals surface area contributed by atoms with Crippen LogP contribution in [0.2, 0.25) is 0 Å². The first-order valence-electron chi connectivity index (χ1n) is 4.78. The number of thiocarbonyl (C=S) groups is 1. The average molecular weight is 258 g/mol. The molecule has 0 spiro atoms. The summed E-state index contributed by atoms with van der Waals surface area (Å²) < 4.78 is 9.34. The van der Waals surface area contributed by atoms with Gasteiger partial charge in [-0.1, -0.05) is 6.58 Å². The zero-order valence-electron chi connectivity index (χ0n) is 9.69. The molecular formula is C11H14O5S. The Hall–Kier alpha value is -1.49. The van der Waals surface area contributed by atoms with Crippen molar-refractivity contribution in [2.24, 2.45) is 0 Å². The lowest BCUT2D eigenvalue weighted by atomic mass is 10.3. The molecule has 0 saturated carbocycles. The van der Waals surface area contributed by atoms with Crippen molar-refractivity contribution in [3.63, 3.8) is 0 Å². The van der Waals surface area contributed by atoms with Crippen molar-refractivity contribution in [3.8, 4) is 0 Å². The van der Waals surface area contributed by atoms with Crippen LogP contribution in [0.15, 0.2) is 17.7 Å². The summed E-state index contributed by atoms with van der Waals surface area (Å²) in [5.74, 6) is -1.27. The predicted octanol–water partition coefficient (Wildman–Crippen LogP) is 0.555. The smallest absolute Gasteiger partial charge is 0.342 e. The van der Waals surface area contributed by atoms with Gasteiger partial charge in [0.05, 0.1) is 5.57 Å². The van der Waals surface area contributed by atoms with Crippen molar-refractivity contribution < 1.29 is 24.2 Å². The summed E-state index contributed by atoms with van der Waals surface area (Å²) in [4.78, 5) is 22.1. The summed E-state index contributed by atoms with van der Waals surface area (Å²) in [5, 5.41) is 11.5. The Morgan fingerprint density at radius 3 is 2.18 bits per heavy atom. The van der Waals surface area contributed by atoms with Gasteiger partial charge in [0.2, 0.25) is 0 Å². The van der Waals surface area contributed by atoms with E-state index in [1.54, 1.807) is 0 Å². The molecule has 0 bridgehead atoms. The number of esters is 2. The van der Waals surface area contributed by atoms with Gasteiger partial charge in [0, 0.05) is 5.57 Å². The van der Waals surface area contributed by atoms with E-state index in [-0.39, 0.29) is 24.4 Å². The molecule has 0 aromatic heterocycles. The van der Waals surface area contributed by atoms with E-state index < -0.39 is 18.0 Å². The maximum atomic E-state index is 11.1. The van der Waals surface area contributed by atoms with Crippen molar-refractivity contribution in [2.75, 3.05) is 13.2 Å². The maximum absolute atomic E-state index is 11.1. The summed E-state index contributed by atoms with van der Waals surface area (Å²) in [5.41, 5.74) is 0.375. The van der Waals surface area contributed by atoms with Crippen LogP contribution in [0.1, 0.15) is 13.8 Å². The number of ether oxygens (including phenoxy) is 2. The van der Waals surface area contributed by atoms with E-state index in [1.165, 1.54) is 13.8 Å². The highest BCUT2D eigenvalue weighted by molar-refractivity contribution is 7.78. The van der Waals surface area contributed by atoms with E-state index in [2.05, 4.69) is 33.3 Å². The van der Waals surface area contributed by atoms with Gasteiger partial charge in [0.1, 0.15) is 19.3 Å².